The third-order valence-corrected chi connectivity index (χ3v) is 4.82. The summed E-state index contributed by atoms with van der Waals surface area (Å²) in [5.41, 5.74) is 0. The first-order valence-corrected chi connectivity index (χ1v) is 9.57. The van der Waals surface area contributed by atoms with Crippen LogP contribution < -0.4 is 10.6 Å². The molecule has 140 valence electrons. The smallest absolute Gasteiger partial charge is 0.191 e. The summed E-state index contributed by atoms with van der Waals surface area (Å²) in [6.07, 6.45) is 4.94. The number of hydrogen-bond donors (Lipinski definition) is 2. The molecular formula is C17H29IN6S. The maximum Gasteiger partial charge on any atom is 0.191 e. The van der Waals surface area contributed by atoms with Crippen LogP contribution in [0.25, 0.3) is 0 Å². The number of halogens is 1. The number of unbranched alkanes of at least 4 members (excludes halogenated alkanes) is 1. The van der Waals surface area contributed by atoms with Gasteiger partial charge in [0, 0.05) is 30.9 Å². The van der Waals surface area contributed by atoms with Crippen LogP contribution in [0.1, 0.15) is 50.4 Å². The Labute approximate surface area is 171 Å². The van der Waals surface area contributed by atoms with Crippen LogP contribution in [0.3, 0.4) is 0 Å². The first-order valence-electron chi connectivity index (χ1n) is 8.69. The van der Waals surface area contributed by atoms with E-state index in [-0.39, 0.29) is 30.0 Å². The summed E-state index contributed by atoms with van der Waals surface area (Å²) in [5, 5.41) is 17.1. The van der Waals surface area contributed by atoms with E-state index in [0.29, 0.717) is 0 Å². The number of thiophene rings is 1. The van der Waals surface area contributed by atoms with E-state index in [1.54, 1.807) is 17.7 Å². The number of nitrogens with zero attached hydrogens (tertiary/aromatic N) is 4. The van der Waals surface area contributed by atoms with E-state index in [1.807, 2.05) is 0 Å². The molecule has 0 saturated carbocycles. The fourth-order valence-corrected chi connectivity index (χ4v) is 3.08. The van der Waals surface area contributed by atoms with Crippen LogP contribution in [0.5, 0.6) is 0 Å². The van der Waals surface area contributed by atoms with E-state index < -0.39 is 0 Å². The first-order chi connectivity index (χ1) is 11.7. The highest BCUT2D eigenvalue weighted by atomic mass is 127. The Morgan fingerprint density at radius 3 is 2.92 bits per heavy atom. The van der Waals surface area contributed by atoms with Gasteiger partial charge in [-0.15, -0.1) is 45.5 Å². The molecule has 0 spiro atoms. The number of rotatable bonds is 9. The van der Waals surface area contributed by atoms with Crippen LogP contribution in [0.15, 0.2) is 28.8 Å². The van der Waals surface area contributed by atoms with Crippen LogP contribution in [0.4, 0.5) is 0 Å². The van der Waals surface area contributed by atoms with Crippen molar-refractivity contribution in [2.75, 3.05) is 13.1 Å². The Kier molecular flexibility index (Phi) is 10.7. The van der Waals surface area contributed by atoms with Crippen molar-refractivity contribution >= 4 is 41.3 Å². The standard InChI is InChI=1S/C17H28N6S.HI/c1-4-6-9-18-17(21-14(3)15-8-7-12-24-15)19-10-11-23-13-20-22-16(23)5-2;/h7-8,12-14H,4-6,9-11H2,1-3H3,(H2,18,19,21);1H. The van der Waals surface area contributed by atoms with Crippen molar-refractivity contribution in [3.63, 3.8) is 0 Å². The zero-order chi connectivity index (χ0) is 17.2. The van der Waals surface area contributed by atoms with Gasteiger partial charge in [-0.25, -0.2) is 0 Å². The van der Waals surface area contributed by atoms with Gasteiger partial charge >= 0.3 is 0 Å². The third-order valence-electron chi connectivity index (χ3n) is 3.76. The van der Waals surface area contributed by atoms with Crippen molar-refractivity contribution in [2.24, 2.45) is 4.99 Å². The number of guanidine groups is 1. The number of nitrogens with one attached hydrogen (secondary N) is 2. The maximum absolute atomic E-state index is 4.68. The fraction of sp³-hybridized carbons (Fsp3) is 0.588. The first kappa shape index (κ1) is 21.9. The maximum atomic E-state index is 4.68. The third kappa shape index (κ3) is 7.31. The molecule has 0 bridgehead atoms. The summed E-state index contributed by atoms with van der Waals surface area (Å²) in [7, 11) is 0. The van der Waals surface area contributed by atoms with Gasteiger partial charge < -0.3 is 15.2 Å². The highest BCUT2D eigenvalue weighted by molar-refractivity contribution is 14.0. The second-order valence-corrected chi connectivity index (χ2v) is 6.67. The quantitative estimate of drug-likeness (QED) is 0.251. The van der Waals surface area contributed by atoms with Gasteiger partial charge in [0.2, 0.25) is 0 Å². The molecule has 8 heteroatoms. The van der Waals surface area contributed by atoms with Crippen molar-refractivity contribution < 1.29 is 0 Å². The molecule has 0 aliphatic heterocycles. The van der Waals surface area contributed by atoms with Gasteiger partial charge in [0.1, 0.15) is 12.2 Å². The molecule has 0 aliphatic rings. The summed E-state index contributed by atoms with van der Waals surface area (Å²) < 4.78 is 2.08. The van der Waals surface area contributed by atoms with E-state index >= 15 is 0 Å². The lowest BCUT2D eigenvalue weighted by molar-refractivity contribution is 0.620. The van der Waals surface area contributed by atoms with E-state index in [1.165, 1.54) is 4.88 Å². The second-order valence-electron chi connectivity index (χ2n) is 5.69. The predicted molar refractivity (Wildman–Crippen MR) is 116 cm³/mol. The fourth-order valence-electron chi connectivity index (χ4n) is 2.35. The summed E-state index contributed by atoms with van der Waals surface area (Å²) in [4.78, 5) is 6.00. The molecular weight excluding hydrogens is 447 g/mol. The number of hydrogen-bond acceptors (Lipinski definition) is 4. The summed E-state index contributed by atoms with van der Waals surface area (Å²) >= 11 is 1.76. The van der Waals surface area contributed by atoms with Gasteiger partial charge in [-0.05, 0) is 24.8 Å². The van der Waals surface area contributed by atoms with Crippen molar-refractivity contribution in [1.29, 1.82) is 0 Å². The van der Waals surface area contributed by atoms with Crippen molar-refractivity contribution in [3.8, 4) is 0 Å². The van der Waals surface area contributed by atoms with Crippen molar-refractivity contribution in [3.05, 3.63) is 34.5 Å². The van der Waals surface area contributed by atoms with Gasteiger partial charge in [0.15, 0.2) is 5.96 Å². The van der Waals surface area contributed by atoms with Crippen molar-refractivity contribution in [2.45, 2.75) is 52.6 Å². The predicted octanol–water partition coefficient (Wildman–Crippen LogP) is 3.62. The molecule has 0 aliphatic carbocycles. The summed E-state index contributed by atoms with van der Waals surface area (Å²) in [5.74, 6) is 1.89. The summed E-state index contributed by atoms with van der Waals surface area (Å²) in [6, 6.07) is 4.48. The normalized spacial score (nSPS) is 12.5. The molecule has 0 radical (unpaired) electrons. The second kappa shape index (κ2) is 12.2. The zero-order valence-electron chi connectivity index (χ0n) is 15.2. The van der Waals surface area contributed by atoms with Crippen LogP contribution >= 0.6 is 35.3 Å². The zero-order valence-corrected chi connectivity index (χ0v) is 18.4. The molecule has 1 unspecified atom stereocenters. The minimum Gasteiger partial charge on any atom is -0.355 e. The monoisotopic (exact) mass is 476 g/mol. The molecule has 2 rings (SSSR count). The Morgan fingerprint density at radius 2 is 2.24 bits per heavy atom. The molecule has 0 aromatic carbocycles. The van der Waals surface area contributed by atoms with Gasteiger partial charge in [0.05, 0.1) is 6.04 Å². The minimum atomic E-state index is 0. The molecule has 0 amide bonds. The molecule has 2 N–H and O–H groups in total. The van der Waals surface area contributed by atoms with E-state index in [0.717, 1.165) is 50.7 Å². The van der Waals surface area contributed by atoms with Crippen molar-refractivity contribution in [1.82, 2.24) is 25.4 Å². The SMILES string of the molecule is CCCCN=C(NCCn1cnnc1CC)NC(C)c1cccs1.I. The topological polar surface area (TPSA) is 67.1 Å². The Bertz CT molecular complexity index is 610. The number of aromatic nitrogens is 3. The van der Waals surface area contributed by atoms with Gasteiger partial charge in [-0.1, -0.05) is 26.3 Å². The van der Waals surface area contributed by atoms with E-state index in [2.05, 4.69) is 68.7 Å². The van der Waals surface area contributed by atoms with E-state index in [4.69, 9.17) is 0 Å². The average Bonchev–Trinajstić information content (AvgIpc) is 3.26. The molecule has 0 fully saturated rings. The summed E-state index contributed by atoms with van der Waals surface area (Å²) in [6.45, 7) is 8.91. The van der Waals surface area contributed by atoms with Crippen LogP contribution in [-0.4, -0.2) is 33.8 Å². The lowest BCUT2D eigenvalue weighted by Gasteiger charge is -2.18. The molecule has 6 nitrogen and oxygen atoms in total. The largest absolute Gasteiger partial charge is 0.355 e. The van der Waals surface area contributed by atoms with E-state index in [9.17, 15) is 0 Å². The molecule has 25 heavy (non-hydrogen) atoms. The molecule has 2 aromatic heterocycles. The highest BCUT2D eigenvalue weighted by Crippen LogP contribution is 2.17. The van der Waals surface area contributed by atoms with Gasteiger partial charge in [-0.2, -0.15) is 0 Å². The lowest BCUT2D eigenvalue weighted by Crippen LogP contribution is -2.40. The van der Waals surface area contributed by atoms with Gasteiger partial charge in [-0.3, -0.25) is 4.99 Å². The molecule has 2 aromatic rings. The van der Waals surface area contributed by atoms with Gasteiger partial charge in [0.25, 0.3) is 0 Å². The van der Waals surface area contributed by atoms with Crippen LogP contribution in [0.2, 0.25) is 0 Å². The molecule has 0 saturated heterocycles. The Balaban J connectivity index is 0.00000312. The Hall–Kier alpha value is -1.16. The van der Waals surface area contributed by atoms with Crippen LogP contribution in [0, 0.1) is 0 Å². The molecule has 1 atom stereocenters. The minimum absolute atomic E-state index is 0. The number of aliphatic imine (C=N–C) groups is 1. The highest BCUT2D eigenvalue weighted by Gasteiger charge is 2.09. The Morgan fingerprint density at radius 1 is 1.40 bits per heavy atom. The number of aryl methyl sites for hydroxylation is 1. The molecule has 2 heterocycles. The van der Waals surface area contributed by atoms with Crippen LogP contribution in [-0.2, 0) is 13.0 Å². The average molecular weight is 476 g/mol. The lowest BCUT2D eigenvalue weighted by atomic mass is 10.3.